The zero-order valence-corrected chi connectivity index (χ0v) is 10.8. The highest BCUT2D eigenvalue weighted by molar-refractivity contribution is 5.71. The summed E-state index contributed by atoms with van der Waals surface area (Å²) in [4.78, 5) is 11.0. The molecule has 2 nitrogen and oxygen atoms in total. The van der Waals surface area contributed by atoms with Crippen molar-refractivity contribution in [1.29, 1.82) is 0 Å². The molecule has 0 N–H and O–H groups in total. The molecule has 114 valence electrons. The summed E-state index contributed by atoms with van der Waals surface area (Å²) in [7, 11) is 0. The molecule has 0 aromatic carbocycles. The predicted molar refractivity (Wildman–Crippen MR) is 55.5 cm³/mol. The van der Waals surface area contributed by atoms with Gasteiger partial charge in [-0.3, -0.25) is 4.79 Å². The number of carbonyl (C=O) groups is 1. The van der Waals surface area contributed by atoms with Crippen LogP contribution in [0.2, 0.25) is 0 Å². The minimum absolute atomic E-state index is 0.201. The van der Waals surface area contributed by atoms with Gasteiger partial charge >= 0.3 is 12.1 Å². The highest BCUT2D eigenvalue weighted by atomic mass is 19.4. The molecule has 1 unspecified atom stereocenters. The van der Waals surface area contributed by atoms with Crippen molar-refractivity contribution < 1.29 is 35.9 Å². The van der Waals surface area contributed by atoms with E-state index in [1.807, 2.05) is 0 Å². The van der Waals surface area contributed by atoms with E-state index in [9.17, 15) is 31.1 Å². The Kier molecular flexibility index (Phi) is 5.70. The van der Waals surface area contributed by atoms with E-state index in [1.54, 1.807) is 0 Å². The maximum absolute atomic E-state index is 13.1. The Hall–Kier alpha value is -0.950. The molecule has 0 radical (unpaired) electrons. The van der Waals surface area contributed by atoms with Gasteiger partial charge in [0.05, 0.1) is 12.5 Å². The van der Waals surface area contributed by atoms with Crippen LogP contribution in [0.4, 0.5) is 26.3 Å². The molecule has 0 fully saturated rings. The number of hydrogen-bond donors (Lipinski definition) is 0. The number of halogens is 6. The number of ether oxygens (including phenoxy) is 1. The fourth-order valence-electron chi connectivity index (χ4n) is 1.08. The number of alkyl halides is 6. The van der Waals surface area contributed by atoms with Crippen molar-refractivity contribution in [2.45, 2.75) is 51.4 Å². The normalized spacial score (nSPS) is 16.3. The van der Waals surface area contributed by atoms with Crippen LogP contribution in [0.5, 0.6) is 0 Å². The quantitative estimate of drug-likeness (QED) is 0.422. The van der Waals surface area contributed by atoms with Crippen LogP contribution >= 0.6 is 0 Å². The molecule has 0 heterocycles. The summed E-state index contributed by atoms with van der Waals surface area (Å²) in [5.41, 5.74) is -4.61. The fourth-order valence-corrected chi connectivity index (χ4v) is 1.08. The van der Waals surface area contributed by atoms with Gasteiger partial charge in [-0.1, -0.05) is 13.8 Å². The fraction of sp³-hybridized carbons (Fsp3) is 0.909. The molecule has 0 rings (SSSR count). The molecule has 0 aliphatic heterocycles. The Morgan fingerprint density at radius 3 is 1.95 bits per heavy atom. The lowest BCUT2D eigenvalue weighted by atomic mass is 9.95. The van der Waals surface area contributed by atoms with Crippen molar-refractivity contribution in [3.05, 3.63) is 0 Å². The third kappa shape index (κ3) is 4.58. The van der Waals surface area contributed by atoms with Crippen LogP contribution in [-0.2, 0) is 9.53 Å². The number of carbonyl (C=O) groups excluding carboxylic acids is 1. The summed E-state index contributed by atoms with van der Waals surface area (Å²) in [5, 5.41) is 0. The number of esters is 1. The first-order valence-electron chi connectivity index (χ1n) is 5.63. The molecule has 0 saturated carbocycles. The van der Waals surface area contributed by atoms with Crippen LogP contribution in [-0.4, -0.2) is 30.3 Å². The van der Waals surface area contributed by atoms with Gasteiger partial charge in [-0.15, -0.1) is 0 Å². The lowest BCUT2D eigenvalue weighted by Crippen LogP contribution is -2.53. The highest BCUT2D eigenvalue weighted by Gasteiger charge is 2.67. The van der Waals surface area contributed by atoms with Crippen molar-refractivity contribution in [3.63, 3.8) is 0 Å². The third-order valence-electron chi connectivity index (χ3n) is 2.57. The average molecular weight is 294 g/mol. The van der Waals surface area contributed by atoms with E-state index >= 15 is 0 Å². The first-order chi connectivity index (χ1) is 8.33. The largest absolute Gasteiger partial charge is 0.465 e. The zero-order chi connectivity index (χ0) is 15.5. The van der Waals surface area contributed by atoms with E-state index in [2.05, 4.69) is 4.74 Å². The Balaban J connectivity index is 4.37. The third-order valence-corrected chi connectivity index (χ3v) is 2.57. The van der Waals surface area contributed by atoms with Gasteiger partial charge in [0, 0.05) is 6.42 Å². The summed E-state index contributed by atoms with van der Waals surface area (Å²) in [6.07, 6.45) is -7.57. The highest BCUT2D eigenvalue weighted by Crippen LogP contribution is 2.46. The van der Waals surface area contributed by atoms with Gasteiger partial charge in [-0.05, 0) is 13.3 Å². The number of rotatable bonds is 6. The van der Waals surface area contributed by atoms with Gasteiger partial charge < -0.3 is 4.74 Å². The van der Waals surface area contributed by atoms with Crippen LogP contribution in [0.15, 0.2) is 0 Å². The van der Waals surface area contributed by atoms with Crippen molar-refractivity contribution in [1.82, 2.24) is 0 Å². The zero-order valence-electron chi connectivity index (χ0n) is 10.8. The van der Waals surface area contributed by atoms with Crippen LogP contribution < -0.4 is 0 Å². The maximum Gasteiger partial charge on any atom is 0.428 e. The predicted octanol–water partition coefficient (Wildman–Crippen LogP) is 3.89. The molecule has 0 aliphatic rings. The lowest BCUT2D eigenvalue weighted by molar-refractivity contribution is -0.296. The summed E-state index contributed by atoms with van der Waals surface area (Å²) in [6, 6.07) is 0. The second-order valence-corrected chi connectivity index (χ2v) is 4.63. The summed E-state index contributed by atoms with van der Waals surface area (Å²) >= 11 is 0. The summed E-state index contributed by atoms with van der Waals surface area (Å²) in [6.45, 7) is 2.35. The molecule has 0 saturated heterocycles. The Morgan fingerprint density at radius 1 is 1.11 bits per heavy atom. The van der Waals surface area contributed by atoms with Crippen molar-refractivity contribution >= 4 is 5.97 Å². The molecule has 0 bridgehead atoms. The first-order valence-corrected chi connectivity index (χ1v) is 5.63. The van der Waals surface area contributed by atoms with E-state index in [0.717, 1.165) is 0 Å². The van der Waals surface area contributed by atoms with E-state index < -0.39 is 49.1 Å². The van der Waals surface area contributed by atoms with E-state index in [-0.39, 0.29) is 6.92 Å². The molecule has 0 spiro atoms. The smallest absolute Gasteiger partial charge is 0.428 e. The van der Waals surface area contributed by atoms with E-state index in [4.69, 9.17) is 0 Å². The Bertz CT molecular complexity index is 309. The van der Waals surface area contributed by atoms with Crippen LogP contribution in [0, 0.1) is 5.92 Å². The minimum atomic E-state index is -5.66. The average Bonchev–Trinajstić information content (AvgIpc) is 2.21. The molecule has 0 aromatic rings. The molecule has 0 aromatic heterocycles. The van der Waals surface area contributed by atoms with Crippen molar-refractivity contribution in [3.8, 4) is 0 Å². The maximum atomic E-state index is 13.1. The lowest BCUT2D eigenvalue weighted by Gasteiger charge is -2.31. The van der Waals surface area contributed by atoms with Gasteiger partial charge in [0.1, 0.15) is 0 Å². The summed E-state index contributed by atoms with van der Waals surface area (Å²) < 4.78 is 80.3. The van der Waals surface area contributed by atoms with Crippen LogP contribution in [0.25, 0.3) is 0 Å². The molecule has 19 heavy (non-hydrogen) atoms. The second-order valence-electron chi connectivity index (χ2n) is 4.63. The van der Waals surface area contributed by atoms with E-state index in [1.165, 1.54) is 13.8 Å². The first kappa shape index (κ1) is 18.0. The molecular formula is C11H16F6O2. The molecule has 8 heteroatoms. The van der Waals surface area contributed by atoms with E-state index in [0.29, 0.717) is 0 Å². The van der Waals surface area contributed by atoms with Gasteiger partial charge in [-0.2, -0.15) is 13.2 Å². The second kappa shape index (κ2) is 6.00. The Morgan fingerprint density at radius 2 is 1.58 bits per heavy atom. The van der Waals surface area contributed by atoms with Crippen LogP contribution in [0.3, 0.4) is 0 Å². The SMILES string of the molecule is CC(C)C(=O)OCCCC(F)(F)C(C)(F)C(F)(F)F. The van der Waals surface area contributed by atoms with Gasteiger partial charge in [0.15, 0.2) is 0 Å². The summed E-state index contributed by atoms with van der Waals surface area (Å²) in [5.74, 6) is -5.69. The van der Waals surface area contributed by atoms with Gasteiger partial charge in [0.25, 0.3) is 11.6 Å². The number of hydrogen-bond acceptors (Lipinski definition) is 2. The van der Waals surface area contributed by atoms with Crippen LogP contribution in [0.1, 0.15) is 33.6 Å². The van der Waals surface area contributed by atoms with Crippen molar-refractivity contribution in [2.24, 2.45) is 5.92 Å². The van der Waals surface area contributed by atoms with Gasteiger partial charge in [0.2, 0.25) is 0 Å². The standard InChI is InChI=1S/C11H16F6O2/c1-7(2)8(18)19-6-4-5-10(13,14)9(3,12)11(15,16)17/h7H,4-6H2,1-3H3. The molecule has 1 atom stereocenters. The Labute approximate surface area is 107 Å². The molecule has 0 amide bonds. The van der Waals surface area contributed by atoms with Crippen molar-refractivity contribution in [2.75, 3.05) is 6.61 Å². The molecular weight excluding hydrogens is 278 g/mol. The topological polar surface area (TPSA) is 26.3 Å². The van der Waals surface area contributed by atoms with Gasteiger partial charge in [-0.25, -0.2) is 13.2 Å². The monoisotopic (exact) mass is 294 g/mol. The molecule has 0 aliphatic carbocycles. The minimum Gasteiger partial charge on any atom is -0.465 e.